The Labute approximate surface area is 89.3 Å². The molecule has 1 amide bonds. The standard InChI is InChI=1S/C10H18N2O3/c1-4-5-7(9(14)15)12-8(13)6-10(2,3)11/h4,7H,1,5-6,11H2,2-3H3,(H,12,13)(H,14,15). The van der Waals surface area contributed by atoms with E-state index >= 15 is 0 Å². The minimum absolute atomic E-state index is 0.0912. The lowest BCUT2D eigenvalue weighted by atomic mass is 10.0. The number of nitrogens with one attached hydrogen (secondary N) is 1. The maximum Gasteiger partial charge on any atom is 0.326 e. The van der Waals surface area contributed by atoms with Crippen LogP contribution >= 0.6 is 0 Å². The van der Waals surface area contributed by atoms with Crippen LogP contribution in [0.4, 0.5) is 0 Å². The van der Waals surface area contributed by atoms with Crippen LogP contribution in [0.2, 0.25) is 0 Å². The first-order chi connectivity index (χ1) is 6.76. The van der Waals surface area contributed by atoms with E-state index in [9.17, 15) is 9.59 Å². The maximum absolute atomic E-state index is 11.4. The molecule has 0 heterocycles. The van der Waals surface area contributed by atoms with E-state index in [0.29, 0.717) is 0 Å². The van der Waals surface area contributed by atoms with Crippen molar-refractivity contribution in [3.05, 3.63) is 12.7 Å². The average molecular weight is 214 g/mol. The van der Waals surface area contributed by atoms with Gasteiger partial charge in [0.2, 0.25) is 5.91 Å². The van der Waals surface area contributed by atoms with Crippen molar-refractivity contribution >= 4 is 11.9 Å². The Balaban J connectivity index is 4.23. The lowest BCUT2D eigenvalue weighted by molar-refractivity contribution is -0.141. The van der Waals surface area contributed by atoms with Crippen LogP contribution in [0.5, 0.6) is 0 Å². The molecule has 0 radical (unpaired) electrons. The van der Waals surface area contributed by atoms with Gasteiger partial charge in [0.25, 0.3) is 0 Å². The van der Waals surface area contributed by atoms with E-state index < -0.39 is 17.6 Å². The zero-order valence-electron chi connectivity index (χ0n) is 9.12. The van der Waals surface area contributed by atoms with E-state index in [1.807, 2.05) is 0 Å². The monoisotopic (exact) mass is 214 g/mol. The van der Waals surface area contributed by atoms with Gasteiger partial charge in [-0.1, -0.05) is 6.08 Å². The molecule has 86 valence electrons. The van der Waals surface area contributed by atoms with Gasteiger partial charge in [-0.2, -0.15) is 0 Å². The number of carboxylic acid groups (broad SMARTS) is 1. The lowest BCUT2D eigenvalue weighted by Crippen LogP contribution is -2.45. The number of hydrogen-bond donors (Lipinski definition) is 3. The number of carbonyl (C=O) groups is 2. The number of aliphatic carboxylic acids is 1. The Bertz CT molecular complexity index is 256. The topological polar surface area (TPSA) is 92.4 Å². The summed E-state index contributed by atoms with van der Waals surface area (Å²) in [6.45, 7) is 6.83. The second kappa shape index (κ2) is 5.50. The molecule has 5 heteroatoms. The predicted octanol–water partition coefficient (Wildman–Crippen LogP) is 0.259. The largest absolute Gasteiger partial charge is 0.480 e. The summed E-state index contributed by atoms with van der Waals surface area (Å²) in [6.07, 6.45) is 1.74. The van der Waals surface area contributed by atoms with Crippen molar-refractivity contribution in [2.75, 3.05) is 0 Å². The fourth-order valence-corrected chi connectivity index (χ4v) is 1.05. The van der Waals surface area contributed by atoms with Gasteiger partial charge < -0.3 is 16.2 Å². The van der Waals surface area contributed by atoms with Crippen molar-refractivity contribution in [2.24, 2.45) is 5.73 Å². The fourth-order valence-electron chi connectivity index (χ4n) is 1.05. The molecule has 0 rings (SSSR count). The molecule has 0 aliphatic rings. The van der Waals surface area contributed by atoms with Gasteiger partial charge in [0, 0.05) is 12.0 Å². The summed E-state index contributed by atoms with van der Waals surface area (Å²) in [4.78, 5) is 22.1. The van der Waals surface area contributed by atoms with E-state index in [4.69, 9.17) is 10.8 Å². The van der Waals surface area contributed by atoms with E-state index in [0.717, 1.165) is 0 Å². The highest BCUT2D eigenvalue weighted by molar-refractivity contribution is 5.84. The molecule has 1 unspecified atom stereocenters. The van der Waals surface area contributed by atoms with Crippen molar-refractivity contribution < 1.29 is 14.7 Å². The number of rotatable bonds is 6. The normalized spacial score (nSPS) is 13.0. The molecule has 0 fully saturated rings. The molecular formula is C10H18N2O3. The van der Waals surface area contributed by atoms with Crippen molar-refractivity contribution in [3.8, 4) is 0 Å². The molecule has 0 spiro atoms. The number of nitrogens with two attached hydrogens (primary N) is 1. The first-order valence-electron chi connectivity index (χ1n) is 4.68. The molecule has 0 aromatic carbocycles. The van der Waals surface area contributed by atoms with E-state index in [2.05, 4.69) is 11.9 Å². The van der Waals surface area contributed by atoms with E-state index in [1.165, 1.54) is 6.08 Å². The van der Waals surface area contributed by atoms with Gasteiger partial charge >= 0.3 is 5.97 Å². The van der Waals surface area contributed by atoms with Crippen LogP contribution in [0.25, 0.3) is 0 Å². The SMILES string of the molecule is C=CCC(NC(=O)CC(C)(C)N)C(=O)O. The molecule has 0 aromatic heterocycles. The Kier molecular flexibility index (Phi) is 5.00. The first-order valence-corrected chi connectivity index (χ1v) is 4.68. The van der Waals surface area contributed by atoms with Crippen LogP contribution in [0.3, 0.4) is 0 Å². The zero-order chi connectivity index (χ0) is 12.1. The van der Waals surface area contributed by atoms with Crippen LogP contribution in [0, 0.1) is 0 Å². The third-order valence-corrected chi connectivity index (χ3v) is 1.65. The fraction of sp³-hybridized carbons (Fsp3) is 0.600. The first kappa shape index (κ1) is 13.6. The average Bonchev–Trinajstić information content (AvgIpc) is 1.99. The molecule has 0 saturated heterocycles. The summed E-state index contributed by atoms with van der Waals surface area (Å²) in [5.74, 6) is -1.44. The minimum Gasteiger partial charge on any atom is -0.480 e. The molecule has 0 aromatic rings. The third-order valence-electron chi connectivity index (χ3n) is 1.65. The molecule has 15 heavy (non-hydrogen) atoms. The van der Waals surface area contributed by atoms with Crippen molar-refractivity contribution in [1.29, 1.82) is 0 Å². The molecule has 1 atom stereocenters. The Hall–Kier alpha value is -1.36. The quantitative estimate of drug-likeness (QED) is 0.553. The number of amides is 1. The minimum atomic E-state index is -1.07. The Morgan fingerprint density at radius 2 is 2.13 bits per heavy atom. The summed E-state index contributed by atoms with van der Waals surface area (Å²) in [5.41, 5.74) is 5.00. The number of carboxylic acids is 1. The summed E-state index contributed by atoms with van der Waals surface area (Å²) in [5, 5.41) is 11.1. The van der Waals surface area contributed by atoms with Gasteiger partial charge in [-0.05, 0) is 20.3 Å². The number of carbonyl (C=O) groups excluding carboxylic acids is 1. The molecule has 0 saturated carbocycles. The van der Waals surface area contributed by atoms with Crippen molar-refractivity contribution in [3.63, 3.8) is 0 Å². The lowest BCUT2D eigenvalue weighted by Gasteiger charge is -2.19. The van der Waals surface area contributed by atoms with E-state index in [1.54, 1.807) is 13.8 Å². The van der Waals surface area contributed by atoms with Crippen LogP contribution in [-0.4, -0.2) is 28.6 Å². The molecule has 4 N–H and O–H groups in total. The molecular weight excluding hydrogens is 196 g/mol. The van der Waals surface area contributed by atoms with Crippen LogP contribution in [-0.2, 0) is 9.59 Å². The molecule has 0 aliphatic heterocycles. The highest BCUT2D eigenvalue weighted by Crippen LogP contribution is 2.04. The predicted molar refractivity (Wildman–Crippen MR) is 57.3 cm³/mol. The molecule has 0 bridgehead atoms. The maximum atomic E-state index is 11.4. The van der Waals surface area contributed by atoms with Crippen molar-refractivity contribution in [2.45, 2.75) is 38.3 Å². The van der Waals surface area contributed by atoms with Crippen molar-refractivity contribution in [1.82, 2.24) is 5.32 Å². The summed E-state index contributed by atoms with van der Waals surface area (Å²) in [7, 11) is 0. The molecule has 0 aliphatic carbocycles. The molecule has 5 nitrogen and oxygen atoms in total. The van der Waals surface area contributed by atoms with Gasteiger partial charge in [-0.3, -0.25) is 4.79 Å². The van der Waals surface area contributed by atoms with Gasteiger partial charge in [0.15, 0.2) is 0 Å². The third kappa shape index (κ3) is 6.68. The highest BCUT2D eigenvalue weighted by atomic mass is 16.4. The van der Waals surface area contributed by atoms with Crippen LogP contribution in [0.15, 0.2) is 12.7 Å². The Morgan fingerprint density at radius 3 is 2.47 bits per heavy atom. The van der Waals surface area contributed by atoms with Gasteiger partial charge in [0.1, 0.15) is 6.04 Å². The van der Waals surface area contributed by atoms with Gasteiger partial charge in [0.05, 0.1) is 0 Å². The summed E-state index contributed by atoms with van der Waals surface area (Å²) in [6, 6.07) is -0.919. The second-order valence-electron chi connectivity index (χ2n) is 4.15. The van der Waals surface area contributed by atoms with Gasteiger partial charge in [-0.15, -0.1) is 6.58 Å². The Morgan fingerprint density at radius 1 is 1.60 bits per heavy atom. The summed E-state index contributed by atoms with van der Waals surface area (Å²) >= 11 is 0. The van der Waals surface area contributed by atoms with Crippen LogP contribution in [0.1, 0.15) is 26.7 Å². The van der Waals surface area contributed by atoms with Gasteiger partial charge in [-0.25, -0.2) is 4.79 Å². The van der Waals surface area contributed by atoms with Crippen LogP contribution < -0.4 is 11.1 Å². The zero-order valence-corrected chi connectivity index (χ0v) is 9.12. The number of hydrogen-bond acceptors (Lipinski definition) is 3. The smallest absolute Gasteiger partial charge is 0.326 e. The second-order valence-corrected chi connectivity index (χ2v) is 4.15. The van der Waals surface area contributed by atoms with E-state index in [-0.39, 0.29) is 18.7 Å². The summed E-state index contributed by atoms with van der Waals surface area (Å²) < 4.78 is 0. The highest BCUT2D eigenvalue weighted by Gasteiger charge is 2.22.